The number of carbonyl (C=O) groups is 1. The Morgan fingerprint density at radius 1 is 1.13 bits per heavy atom. The SMILES string of the molecule is CNC(=O)N(c1ccc(S(=O)(=O)Nc2ccon2)cn1)c1cc(Cl)c(-c2cccc(OC(C)C)c2)cc1OC. The molecule has 0 atom stereocenters. The van der Waals surface area contributed by atoms with E-state index >= 15 is 0 Å². The first-order chi connectivity index (χ1) is 18.6. The van der Waals surface area contributed by atoms with Crippen LogP contribution in [0.2, 0.25) is 5.02 Å². The van der Waals surface area contributed by atoms with Crippen LogP contribution in [0.1, 0.15) is 13.8 Å². The van der Waals surface area contributed by atoms with Gasteiger partial charge in [-0.25, -0.2) is 23.1 Å². The number of rotatable bonds is 9. The van der Waals surface area contributed by atoms with E-state index in [2.05, 4.69) is 24.7 Å². The molecular formula is C26H26ClN5O6S. The van der Waals surface area contributed by atoms with Crippen molar-refractivity contribution in [3.05, 3.63) is 72.1 Å². The molecule has 0 saturated carbocycles. The number of hydrogen-bond acceptors (Lipinski definition) is 8. The van der Waals surface area contributed by atoms with Crippen LogP contribution in [0.3, 0.4) is 0 Å². The fraction of sp³-hybridized carbons (Fsp3) is 0.192. The summed E-state index contributed by atoms with van der Waals surface area (Å²) in [6, 6.07) is 14.3. The lowest BCUT2D eigenvalue weighted by Gasteiger charge is -2.24. The quantitative estimate of drug-likeness (QED) is 0.270. The van der Waals surface area contributed by atoms with Crippen molar-refractivity contribution < 1.29 is 27.2 Å². The highest BCUT2D eigenvalue weighted by Gasteiger charge is 2.25. The van der Waals surface area contributed by atoms with Crippen LogP contribution in [0.25, 0.3) is 11.1 Å². The number of nitrogens with one attached hydrogen (secondary N) is 2. The molecule has 11 nitrogen and oxygen atoms in total. The molecule has 39 heavy (non-hydrogen) atoms. The maximum atomic E-state index is 13.0. The van der Waals surface area contributed by atoms with Gasteiger partial charge in [-0.2, -0.15) is 0 Å². The number of nitrogens with zero attached hydrogens (tertiary/aromatic N) is 3. The third-order valence-corrected chi connectivity index (χ3v) is 7.03. The van der Waals surface area contributed by atoms with E-state index in [4.69, 9.17) is 21.1 Å². The fourth-order valence-corrected chi connectivity index (χ4v) is 4.89. The predicted molar refractivity (Wildman–Crippen MR) is 147 cm³/mol. The van der Waals surface area contributed by atoms with E-state index in [1.54, 1.807) is 12.1 Å². The normalized spacial score (nSPS) is 11.2. The summed E-state index contributed by atoms with van der Waals surface area (Å²) in [7, 11) is -1.07. The van der Waals surface area contributed by atoms with Gasteiger partial charge in [0.15, 0.2) is 5.82 Å². The van der Waals surface area contributed by atoms with Crippen molar-refractivity contribution in [2.24, 2.45) is 0 Å². The summed E-state index contributed by atoms with van der Waals surface area (Å²) in [6.45, 7) is 3.88. The summed E-state index contributed by atoms with van der Waals surface area (Å²) in [6.07, 6.45) is 2.36. The van der Waals surface area contributed by atoms with E-state index in [1.165, 1.54) is 43.5 Å². The number of pyridine rings is 1. The van der Waals surface area contributed by atoms with Gasteiger partial charge in [-0.1, -0.05) is 28.9 Å². The van der Waals surface area contributed by atoms with Crippen molar-refractivity contribution in [3.63, 3.8) is 0 Å². The first kappa shape index (κ1) is 27.7. The lowest BCUT2D eigenvalue weighted by atomic mass is 10.0. The lowest BCUT2D eigenvalue weighted by molar-refractivity contribution is 0.242. The highest BCUT2D eigenvalue weighted by Crippen LogP contribution is 2.41. The van der Waals surface area contributed by atoms with Crippen LogP contribution in [-0.4, -0.2) is 44.9 Å². The first-order valence-corrected chi connectivity index (χ1v) is 13.5. The minimum absolute atomic E-state index is 0.000670. The van der Waals surface area contributed by atoms with Gasteiger partial charge >= 0.3 is 6.03 Å². The van der Waals surface area contributed by atoms with Crippen LogP contribution >= 0.6 is 11.6 Å². The van der Waals surface area contributed by atoms with Crippen molar-refractivity contribution in [2.45, 2.75) is 24.8 Å². The topological polar surface area (TPSA) is 136 Å². The average Bonchev–Trinajstić information content (AvgIpc) is 3.41. The Labute approximate surface area is 230 Å². The number of amides is 2. The van der Waals surface area contributed by atoms with Crippen molar-refractivity contribution >= 4 is 45.0 Å². The molecule has 0 radical (unpaired) electrons. The molecule has 0 spiro atoms. The number of methoxy groups -OCH3 is 1. The number of anilines is 3. The minimum Gasteiger partial charge on any atom is -0.495 e. The number of ether oxygens (including phenoxy) is 2. The molecule has 4 aromatic rings. The van der Waals surface area contributed by atoms with Gasteiger partial charge in [0.2, 0.25) is 0 Å². The van der Waals surface area contributed by atoms with E-state index in [-0.39, 0.29) is 22.6 Å². The fourth-order valence-electron chi connectivity index (χ4n) is 3.69. The van der Waals surface area contributed by atoms with Gasteiger partial charge in [-0.05, 0) is 55.8 Å². The van der Waals surface area contributed by atoms with Crippen molar-refractivity contribution in [1.29, 1.82) is 0 Å². The molecule has 0 aliphatic rings. The molecule has 0 unspecified atom stereocenters. The second-order valence-corrected chi connectivity index (χ2v) is 10.5. The molecule has 2 N–H and O–H groups in total. The molecular weight excluding hydrogens is 546 g/mol. The van der Waals surface area contributed by atoms with Crippen LogP contribution in [-0.2, 0) is 10.0 Å². The second-order valence-electron chi connectivity index (χ2n) is 8.43. The third-order valence-electron chi connectivity index (χ3n) is 5.38. The highest BCUT2D eigenvalue weighted by atomic mass is 35.5. The minimum atomic E-state index is -3.99. The Bertz CT molecular complexity index is 1560. The van der Waals surface area contributed by atoms with E-state index in [9.17, 15) is 13.2 Å². The van der Waals surface area contributed by atoms with Crippen LogP contribution in [0.4, 0.5) is 22.1 Å². The van der Waals surface area contributed by atoms with Crippen molar-refractivity contribution in [2.75, 3.05) is 23.8 Å². The van der Waals surface area contributed by atoms with Gasteiger partial charge in [0.25, 0.3) is 10.0 Å². The second kappa shape index (κ2) is 11.6. The molecule has 0 fully saturated rings. The van der Waals surface area contributed by atoms with E-state index in [0.29, 0.717) is 27.8 Å². The Balaban J connectivity index is 1.72. The molecule has 2 heterocycles. The number of urea groups is 1. The molecule has 204 valence electrons. The predicted octanol–water partition coefficient (Wildman–Crippen LogP) is 5.46. The largest absolute Gasteiger partial charge is 0.495 e. The van der Waals surface area contributed by atoms with Crippen LogP contribution in [0.5, 0.6) is 11.5 Å². The lowest BCUT2D eigenvalue weighted by Crippen LogP contribution is -2.35. The maximum absolute atomic E-state index is 13.0. The van der Waals surface area contributed by atoms with Gasteiger partial charge in [0, 0.05) is 24.9 Å². The monoisotopic (exact) mass is 571 g/mol. The van der Waals surface area contributed by atoms with Crippen LogP contribution < -0.4 is 24.4 Å². The zero-order chi connectivity index (χ0) is 28.2. The number of benzene rings is 2. The first-order valence-electron chi connectivity index (χ1n) is 11.7. The van der Waals surface area contributed by atoms with Crippen LogP contribution in [0.15, 0.2) is 76.5 Å². The zero-order valence-corrected chi connectivity index (χ0v) is 23.1. The standard InChI is InChI=1S/C26H26ClN5O6S/c1-16(2)38-18-7-5-6-17(12-18)20-13-23(36-4)22(14-21(20)27)32(26(33)28-3)25-9-8-19(15-29-25)39(34,35)31-24-10-11-37-30-24/h5-16H,1-4H3,(H,28,33)(H,30,31). The Hall–Kier alpha value is -4.29. The van der Waals surface area contributed by atoms with Crippen LogP contribution in [0, 0.1) is 0 Å². The molecule has 2 aromatic heterocycles. The summed E-state index contributed by atoms with van der Waals surface area (Å²) in [4.78, 5) is 18.3. The van der Waals surface area contributed by atoms with E-state index < -0.39 is 16.1 Å². The van der Waals surface area contributed by atoms with Gasteiger partial charge in [-0.15, -0.1) is 0 Å². The number of aromatic nitrogens is 2. The molecule has 0 aliphatic carbocycles. The Morgan fingerprint density at radius 3 is 2.54 bits per heavy atom. The highest BCUT2D eigenvalue weighted by molar-refractivity contribution is 7.92. The summed E-state index contributed by atoms with van der Waals surface area (Å²) in [5, 5.41) is 6.45. The van der Waals surface area contributed by atoms with Gasteiger partial charge in [0.1, 0.15) is 28.5 Å². The molecule has 13 heteroatoms. The number of halogens is 1. The van der Waals surface area contributed by atoms with Gasteiger partial charge in [0.05, 0.1) is 23.9 Å². The number of carbonyl (C=O) groups excluding carboxylic acids is 1. The molecule has 2 amide bonds. The molecule has 0 saturated heterocycles. The van der Waals surface area contributed by atoms with Crippen molar-refractivity contribution in [1.82, 2.24) is 15.5 Å². The summed E-state index contributed by atoms with van der Waals surface area (Å²) in [5.41, 5.74) is 1.75. The molecule has 0 aliphatic heterocycles. The smallest absolute Gasteiger partial charge is 0.327 e. The number of hydrogen-bond donors (Lipinski definition) is 2. The summed E-state index contributed by atoms with van der Waals surface area (Å²) < 4.78 is 43.7. The summed E-state index contributed by atoms with van der Waals surface area (Å²) >= 11 is 6.71. The van der Waals surface area contributed by atoms with Crippen molar-refractivity contribution in [3.8, 4) is 22.6 Å². The summed E-state index contributed by atoms with van der Waals surface area (Å²) in [5.74, 6) is 1.17. The zero-order valence-electron chi connectivity index (χ0n) is 21.5. The molecule has 4 rings (SSSR count). The van der Waals surface area contributed by atoms with Gasteiger partial charge < -0.3 is 19.3 Å². The van der Waals surface area contributed by atoms with E-state index in [0.717, 1.165) is 11.8 Å². The van der Waals surface area contributed by atoms with E-state index in [1.807, 2.05) is 38.1 Å². The number of sulfonamides is 1. The Morgan fingerprint density at radius 2 is 1.92 bits per heavy atom. The molecule has 0 bridgehead atoms. The maximum Gasteiger partial charge on any atom is 0.327 e. The van der Waals surface area contributed by atoms with Gasteiger partial charge in [-0.3, -0.25) is 4.72 Å². The Kier molecular flexibility index (Phi) is 8.27. The third kappa shape index (κ3) is 6.24. The molecule has 2 aromatic carbocycles. The average molecular weight is 572 g/mol.